The van der Waals surface area contributed by atoms with Crippen LogP contribution in [0.1, 0.15) is 62.8 Å². The number of aryl methyl sites for hydroxylation is 1. The molecule has 0 saturated carbocycles. The normalized spacial score (nSPS) is 12.6. The van der Waals surface area contributed by atoms with E-state index in [1.54, 1.807) is 12.1 Å². The smallest absolute Gasteiger partial charge is 0.244 e. The number of carbonyl (C=O) groups excluding carboxylic acids is 2. The topological polar surface area (TPSA) is 86.8 Å². The Morgan fingerprint density at radius 2 is 1.46 bits per heavy atom. The zero-order valence-corrected chi connectivity index (χ0v) is 26.0. The maximum Gasteiger partial charge on any atom is 0.244 e. The molecule has 0 saturated heterocycles. The SMILES string of the molecule is Cc1ccccc1CN(C(=O)CN(c1ccc(C(C)C)cc1)S(C)(=O)=O)C(Cc1ccccc1)C(=O)NC(C)(C)C. The highest BCUT2D eigenvalue weighted by atomic mass is 32.2. The van der Waals surface area contributed by atoms with Gasteiger partial charge in [-0.25, -0.2) is 8.42 Å². The molecular formula is C33H43N3O4S. The van der Waals surface area contributed by atoms with Crippen molar-refractivity contribution in [2.75, 3.05) is 17.1 Å². The van der Waals surface area contributed by atoms with Crippen molar-refractivity contribution in [2.45, 2.75) is 72.0 Å². The quantitative estimate of drug-likeness (QED) is 0.329. The van der Waals surface area contributed by atoms with Gasteiger partial charge in [-0.15, -0.1) is 0 Å². The monoisotopic (exact) mass is 577 g/mol. The molecule has 0 bridgehead atoms. The molecule has 1 unspecified atom stereocenters. The van der Waals surface area contributed by atoms with Gasteiger partial charge in [0.15, 0.2) is 0 Å². The molecule has 0 aliphatic rings. The van der Waals surface area contributed by atoms with Crippen LogP contribution in [0.4, 0.5) is 5.69 Å². The number of rotatable bonds is 11. The number of hydrogen-bond acceptors (Lipinski definition) is 4. The number of benzene rings is 3. The second-order valence-corrected chi connectivity index (χ2v) is 13.8. The molecule has 0 heterocycles. The zero-order chi connectivity index (χ0) is 30.4. The van der Waals surface area contributed by atoms with E-state index in [-0.39, 0.29) is 24.8 Å². The highest BCUT2D eigenvalue weighted by Gasteiger charge is 2.34. The first-order valence-electron chi connectivity index (χ1n) is 13.9. The molecule has 3 aromatic carbocycles. The Morgan fingerprint density at radius 1 is 0.878 bits per heavy atom. The Balaban J connectivity index is 2.07. The fourth-order valence-electron chi connectivity index (χ4n) is 4.62. The lowest BCUT2D eigenvalue weighted by Gasteiger charge is -2.35. The van der Waals surface area contributed by atoms with Gasteiger partial charge in [-0.2, -0.15) is 0 Å². The molecule has 220 valence electrons. The number of carbonyl (C=O) groups is 2. The summed E-state index contributed by atoms with van der Waals surface area (Å²) in [5.41, 5.74) is 3.70. The summed E-state index contributed by atoms with van der Waals surface area (Å²) in [6, 6.07) is 23.6. The summed E-state index contributed by atoms with van der Waals surface area (Å²) < 4.78 is 27.1. The van der Waals surface area contributed by atoms with Crippen molar-refractivity contribution < 1.29 is 18.0 Å². The van der Waals surface area contributed by atoms with E-state index >= 15 is 0 Å². The lowest BCUT2D eigenvalue weighted by Crippen LogP contribution is -2.56. The van der Waals surface area contributed by atoms with Crippen LogP contribution in [0.25, 0.3) is 0 Å². The van der Waals surface area contributed by atoms with E-state index in [4.69, 9.17) is 0 Å². The third-order valence-corrected chi connectivity index (χ3v) is 8.04. The summed E-state index contributed by atoms with van der Waals surface area (Å²) in [5, 5.41) is 3.04. The Hall–Kier alpha value is -3.65. The van der Waals surface area contributed by atoms with E-state index in [9.17, 15) is 18.0 Å². The summed E-state index contributed by atoms with van der Waals surface area (Å²) >= 11 is 0. The standard InChI is InChI=1S/C33H43N3O4S/c1-24(2)27-17-19-29(20-18-27)36(41(7,39)40)23-31(37)35(22-28-16-12-11-13-25(28)3)30(32(38)34-33(4,5)6)21-26-14-9-8-10-15-26/h8-20,24,30H,21-23H2,1-7H3,(H,34,38). The van der Waals surface area contributed by atoms with E-state index in [0.29, 0.717) is 5.69 Å². The van der Waals surface area contributed by atoms with Crippen LogP contribution in [0.5, 0.6) is 0 Å². The molecule has 1 N–H and O–H groups in total. The van der Waals surface area contributed by atoms with Crippen molar-refractivity contribution in [2.24, 2.45) is 0 Å². The van der Waals surface area contributed by atoms with E-state index in [1.807, 2.05) is 94.4 Å². The summed E-state index contributed by atoms with van der Waals surface area (Å²) in [6.07, 6.45) is 1.37. The van der Waals surface area contributed by atoms with Gasteiger partial charge in [-0.05, 0) is 68.0 Å². The first kappa shape index (κ1) is 31.9. The molecule has 3 rings (SSSR count). The van der Waals surface area contributed by atoms with Crippen LogP contribution in [0.2, 0.25) is 0 Å². The summed E-state index contributed by atoms with van der Waals surface area (Å²) in [7, 11) is -3.81. The molecule has 0 aliphatic heterocycles. The van der Waals surface area contributed by atoms with Gasteiger partial charge in [0.1, 0.15) is 12.6 Å². The lowest BCUT2D eigenvalue weighted by molar-refractivity contribution is -0.140. The third kappa shape index (κ3) is 9.18. The van der Waals surface area contributed by atoms with Gasteiger partial charge < -0.3 is 10.2 Å². The van der Waals surface area contributed by atoms with E-state index < -0.39 is 34.1 Å². The fraction of sp³-hybridized carbons (Fsp3) is 0.394. The lowest BCUT2D eigenvalue weighted by atomic mass is 10.00. The van der Waals surface area contributed by atoms with E-state index in [0.717, 1.165) is 32.8 Å². The molecule has 7 nitrogen and oxygen atoms in total. The van der Waals surface area contributed by atoms with Crippen molar-refractivity contribution in [1.82, 2.24) is 10.2 Å². The van der Waals surface area contributed by atoms with Gasteiger partial charge in [0, 0.05) is 18.5 Å². The molecule has 1 atom stereocenters. The number of amides is 2. The van der Waals surface area contributed by atoms with Crippen LogP contribution in [0, 0.1) is 6.92 Å². The molecule has 41 heavy (non-hydrogen) atoms. The Kier molecular flexibility index (Phi) is 10.4. The highest BCUT2D eigenvalue weighted by molar-refractivity contribution is 7.92. The average Bonchev–Trinajstić information content (AvgIpc) is 2.89. The van der Waals surface area contributed by atoms with Crippen LogP contribution in [0.15, 0.2) is 78.9 Å². The highest BCUT2D eigenvalue weighted by Crippen LogP contribution is 2.24. The Bertz CT molecular complexity index is 1430. The average molecular weight is 578 g/mol. The van der Waals surface area contributed by atoms with Crippen molar-refractivity contribution in [3.05, 3.63) is 101 Å². The zero-order valence-electron chi connectivity index (χ0n) is 25.2. The van der Waals surface area contributed by atoms with Crippen molar-refractivity contribution >= 4 is 27.5 Å². The minimum absolute atomic E-state index is 0.157. The van der Waals surface area contributed by atoms with Crippen LogP contribution in [-0.4, -0.2) is 49.5 Å². The summed E-state index contributed by atoms with van der Waals surface area (Å²) in [6.45, 7) is 11.5. The Labute approximate surface area is 245 Å². The molecule has 0 radical (unpaired) electrons. The Morgan fingerprint density at radius 3 is 2.00 bits per heavy atom. The maximum absolute atomic E-state index is 14.2. The van der Waals surface area contributed by atoms with Gasteiger partial charge in [0.25, 0.3) is 0 Å². The van der Waals surface area contributed by atoms with Crippen molar-refractivity contribution in [3.63, 3.8) is 0 Å². The molecular weight excluding hydrogens is 534 g/mol. The van der Waals surface area contributed by atoms with Crippen LogP contribution in [0.3, 0.4) is 0 Å². The molecule has 0 aromatic heterocycles. The minimum Gasteiger partial charge on any atom is -0.350 e. The minimum atomic E-state index is -3.81. The summed E-state index contributed by atoms with van der Waals surface area (Å²) in [5.74, 6) is -0.478. The predicted octanol–water partition coefficient (Wildman–Crippen LogP) is 5.44. The molecule has 2 amide bonds. The first-order valence-corrected chi connectivity index (χ1v) is 15.8. The van der Waals surface area contributed by atoms with Crippen LogP contribution in [-0.2, 0) is 32.6 Å². The van der Waals surface area contributed by atoms with Crippen LogP contribution >= 0.6 is 0 Å². The molecule has 0 spiro atoms. The maximum atomic E-state index is 14.2. The summed E-state index contributed by atoms with van der Waals surface area (Å²) in [4.78, 5) is 29.5. The van der Waals surface area contributed by atoms with Gasteiger partial charge in [-0.3, -0.25) is 13.9 Å². The number of nitrogens with one attached hydrogen (secondary N) is 1. The molecule has 0 aliphatic carbocycles. The number of sulfonamides is 1. The predicted molar refractivity (Wildman–Crippen MR) is 166 cm³/mol. The first-order chi connectivity index (χ1) is 19.2. The number of hydrogen-bond donors (Lipinski definition) is 1. The number of anilines is 1. The van der Waals surface area contributed by atoms with E-state index in [1.165, 1.54) is 4.90 Å². The fourth-order valence-corrected chi connectivity index (χ4v) is 5.47. The van der Waals surface area contributed by atoms with E-state index in [2.05, 4.69) is 19.2 Å². The van der Waals surface area contributed by atoms with Gasteiger partial charge in [0.05, 0.1) is 11.9 Å². The van der Waals surface area contributed by atoms with Gasteiger partial charge in [0.2, 0.25) is 21.8 Å². The number of nitrogens with zero attached hydrogens (tertiary/aromatic N) is 2. The molecule has 3 aromatic rings. The van der Waals surface area contributed by atoms with Crippen molar-refractivity contribution in [1.29, 1.82) is 0 Å². The van der Waals surface area contributed by atoms with Gasteiger partial charge in [-0.1, -0.05) is 80.6 Å². The molecule has 0 fully saturated rings. The molecule has 8 heteroatoms. The largest absolute Gasteiger partial charge is 0.350 e. The van der Waals surface area contributed by atoms with Crippen molar-refractivity contribution in [3.8, 4) is 0 Å². The van der Waals surface area contributed by atoms with Gasteiger partial charge >= 0.3 is 0 Å². The third-order valence-electron chi connectivity index (χ3n) is 6.90. The second-order valence-electron chi connectivity index (χ2n) is 11.9. The second kappa shape index (κ2) is 13.3. The van der Waals surface area contributed by atoms with Crippen LogP contribution < -0.4 is 9.62 Å².